The van der Waals surface area contributed by atoms with E-state index >= 15 is 0 Å². The molecule has 0 aliphatic heterocycles. The standard InChI is InChI=1S/C25H37NO4/c1-3-5-6-7-8-9-10-11-12-16-20-29-24(27)23(26-25(28)30-19-4-2)21-22-17-14-13-15-18-22/h2,13-15,17-18,23H,3,5-12,16,19-21H2,1H3,(H,26,28). The number of hydrogen-bond donors (Lipinski definition) is 1. The van der Waals surface area contributed by atoms with Gasteiger partial charge in [-0.05, 0) is 12.0 Å². The quantitative estimate of drug-likeness (QED) is 0.222. The van der Waals surface area contributed by atoms with E-state index in [1.165, 1.54) is 44.9 Å². The lowest BCUT2D eigenvalue weighted by atomic mass is 10.1. The van der Waals surface area contributed by atoms with E-state index < -0.39 is 18.1 Å². The summed E-state index contributed by atoms with van der Waals surface area (Å²) in [6.07, 6.45) is 16.9. The van der Waals surface area contributed by atoms with Crippen LogP contribution in [0.15, 0.2) is 30.3 Å². The smallest absolute Gasteiger partial charge is 0.408 e. The molecule has 1 amide bonds. The zero-order valence-corrected chi connectivity index (χ0v) is 18.4. The number of carbonyl (C=O) groups is 2. The van der Waals surface area contributed by atoms with Gasteiger partial charge in [0.1, 0.15) is 6.04 Å². The van der Waals surface area contributed by atoms with Crippen molar-refractivity contribution < 1.29 is 19.1 Å². The minimum absolute atomic E-state index is 0.141. The van der Waals surface area contributed by atoms with Gasteiger partial charge in [0, 0.05) is 6.42 Å². The normalized spacial score (nSPS) is 11.3. The van der Waals surface area contributed by atoms with Gasteiger partial charge in [0.05, 0.1) is 6.61 Å². The van der Waals surface area contributed by atoms with Gasteiger partial charge in [-0.15, -0.1) is 6.42 Å². The average Bonchev–Trinajstić information content (AvgIpc) is 2.76. The Bertz CT molecular complexity index is 624. The summed E-state index contributed by atoms with van der Waals surface area (Å²) >= 11 is 0. The fourth-order valence-electron chi connectivity index (χ4n) is 3.20. The summed E-state index contributed by atoms with van der Waals surface area (Å²) in [5, 5.41) is 2.56. The molecule has 0 radical (unpaired) electrons. The maximum absolute atomic E-state index is 12.5. The zero-order chi connectivity index (χ0) is 21.9. The van der Waals surface area contributed by atoms with Crippen LogP contribution in [0.4, 0.5) is 4.79 Å². The minimum atomic E-state index is -0.805. The molecule has 0 bridgehead atoms. The molecule has 0 aliphatic rings. The Labute approximate surface area is 181 Å². The lowest BCUT2D eigenvalue weighted by Gasteiger charge is -2.17. The minimum Gasteiger partial charge on any atom is -0.464 e. The monoisotopic (exact) mass is 415 g/mol. The van der Waals surface area contributed by atoms with Crippen molar-refractivity contribution in [2.45, 2.75) is 83.6 Å². The van der Waals surface area contributed by atoms with Gasteiger partial charge in [0.25, 0.3) is 0 Å². The molecule has 1 aromatic carbocycles. The molecule has 0 heterocycles. The summed E-state index contributed by atoms with van der Waals surface area (Å²) in [7, 11) is 0. The van der Waals surface area contributed by atoms with Crippen molar-refractivity contribution in [3.63, 3.8) is 0 Å². The second-order valence-corrected chi connectivity index (χ2v) is 7.52. The van der Waals surface area contributed by atoms with E-state index in [2.05, 4.69) is 18.2 Å². The van der Waals surface area contributed by atoms with Crippen LogP contribution in [0.1, 0.15) is 76.7 Å². The number of unbranched alkanes of at least 4 members (excludes halogenated alkanes) is 9. The van der Waals surface area contributed by atoms with Crippen LogP contribution in [-0.2, 0) is 20.7 Å². The summed E-state index contributed by atoms with van der Waals surface area (Å²) < 4.78 is 10.2. The number of alkyl carbamates (subject to hydrolysis) is 1. The molecule has 0 aliphatic carbocycles. The highest BCUT2D eigenvalue weighted by molar-refractivity contribution is 5.81. The van der Waals surface area contributed by atoms with E-state index in [0.29, 0.717) is 13.0 Å². The van der Waals surface area contributed by atoms with Crippen LogP contribution in [-0.4, -0.2) is 31.3 Å². The van der Waals surface area contributed by atoms with Crippen molar-refractivity contribution in [1.29, 1.82) is 0 Å². The fraction of sp³-hybridized carbons (Fsp3) is 0.600. The Kier molecular flexibility index (Phi) is 14.8. The van der Waals surface area contributed by atoms with E-state index in [4.69, 9.17) is 15.9 Å². The van der Waals surface area contributed by atoms with Crippen LogP contribution in [0.25, 0.3) is 0 Å². The summed E-state index contributed by atoms with van der Waals surface area (Å²) in [6.45, 7) is 2.46. The predicted octanol–water partition coefficient (Wildman–Crippen LogP) is 5.42. The summed E-state index contributed by atoms with van der Waals surface area (Å²) in [4.78, 5) is 24.3. The molecule has 0 fully saturated rings. The largest absolute Gasteiger partial charge is 0.464 e. The predicted molar refractivity (Wildman–Crippen MR) is 120 cm³/mol. The summed E-state index contributed by atoms with van der Waals surface area (Å²) in [6, 6.07) is 8.67. The third kappa shape index (κ3) is 12.9. The molecule has 1 unspecified atom stereocenters. The fourth-order valence-corrected chi connectivity index (χ4v) is 3.20. The van der Waals surface area contributed by atoms with Gasteiger partial charge in [-0.25, -0.2) is 9.59 Å². The number of ether oxygens (including phenoxy) is 2. The first-order valence-corrected chi connectivity index (χ1v) is 11.2. The van der Waals surface area contributed by atoms with Gasteiger partial charge < -0.3 is 14.8 Å². The lowest BCUT2D eigenvalue weighted by molar-refractivity contribution is -0.146. The first-order chi connectivity index (χ1) is 14.7. The molecule has 0 aromatic heterocycles. The molecule has 1 rings (SSSR count). The second kappa shape index (κ2) is 17.4. The number of esters is 1. The highest BCUT2D eigenvalue weighted by Gasteiger charge is 2.23. The topological polar surface area (TPSA) is 64.6 Å². The van der Waals surface area contributed by atoms with E-state index in [0.717, 1.165) is 24.8 Å². The average molecular weight is 416 g/mol. The molecule has 166 valence electrons. The van der Waals surface area contributed by atoms with Crippen LogP contribution in [0.5, 0.6) is 0 Å². The molecule has 5 nitrogen and oxygen atoms in total. The molecule has 1 atom stereocenters. The van der Waals surface area contributed by atoms with Crippen LogP contribution in [0.2, 0.25) is 0 Å². The maximum atomic E-state index is 12.5. The third-order valence-electron chi connectivity index (χ3n) is 4.89. The number of carbonyl (C=O) groups excluding carboxylic acids is 2. The van der Waals surface area contributed by atoms with E-state index in [1.807, 2.05) is 30.3 Å². The Morgan fingerprint density at radius 3 is 2.13 bits per heavy atom. The Morgan fingerprint density at radius 1 is 0.933 bits per heavy atom. The maximum Gasteiger partial charge on any atom is 0.408 e. The highest BCUT2D eigenvalue weighted by Crippen LogP contribution is 2.11. The third-order valence-corrected chi connectivity index (χ3v) is 4.89. The molecule has 1 N–H and O–H groups in total. The van der Waals surface area contributed by atoms with E-state index in [9.17, 15) is 9.59 Å². The SMILES string of the molecule is C#CCOC(=O)NC(Cc1ccccc1)C(=O)OCCCCCCCCCCCC. The Balaban J connectivity index is 2.28. The van der Waals surface area contributed by atoms with Crippen LogP contribution in [0.3, 0.4) is 0 Å². The number of hydrogen-bond acceptors (Lipinski definition) is 4. The van der Waals surface area contributed by atoms with Crippen molar-refractivity contribution in [2.24, 2.45) is 0 Å². The van der Waals surface area contributed by atoms with Crippen LogP contribution < -0.4 is 5.32 Å². The van der Waals surface area contributed by atoms with Gasteiger partial charge in [0.15, 0.2) is 6.61 Å². The van der Waals surface area contributed by atoms with Crippen molar-refractivity contribution in [1.82, 2.24) is 5.32 Å². The van der Waals surface area contributed by atoms with E-state index in [1.54, 1.807) is 0 Å². The second-order valence-electron chi connectivity index (χ2n) is 7.52. The first-order valence-electron chi connectivity index (χ1n) is 11.2. The van der Waals surface area contributed by atoms with Crippen LogP contribution >= 0.6 is 0 Å². The molecular weight excluding hydrogens is 378 g/mol. The van der Waals surface area contributed by atoms with Crippen LogP contribution in [0, 0.1) is 12.3 Å². The van der Waals surface area contributed by atoms with Crippen molar-refractivity contribution >= 4 is 12.1 Å². The number of terminal acetylenes is 1. The zero-order valence-electron chi connectivity index (χ0n) is 18.4. The highest BCUT2D eigenvalue weighted by atomic mass is 16.6. The molecule has 0 saturated heterocycles. The van der Waals surface area contributed by atoms with Gasteiger partial charge in [-0.1, -0.05) is 101 Å². The van der Waals surface area contributed by atoms with Gasteiger partial charge >= 0.3 is 12.1 Å². The van der Waals surface area contributed by atoms with Crippen molar-refractivity contribution in [2.75, 3.05) is 13.2 Å². The summed E-state index contributed by atoms with van der Waals surface area (Å²) in [5.74, 6) is 1.78. The molecular formula is C25H37NO4. The van der Waals surface area contributed by atoms with Gasteiger partial charge in [0.2, 0.25) is 0 Å². The molecule has 5 heteroatoms. The molecule has 0 saturated carbocycles. The number of nitrogens with one attached hydrogen (secondary N) is 1. The lowest BCUT2D eigenvalue weighted by Crippen LogP contribution is -2.43. The first kappa shape index (κ1) is 25.6. The van der Waals surface area contributed by atoms with Gasteiger partial charge in [-0.2, -0.15) is 0 Å². The number of benzene rings is 1. The van der Waals surface area contributed by atoms with Crippen molar-refractivity contribution in [3.8, 4) is 12.3 Å². The summed E-state index contributed by atoms with van der Waals surface area (Å²) in [5.41, 5.74) is 0.927. The van der Waals surface area contributed by atoms with E-state index in [-0.39, 0.29) is 6.61 Å². The van der Waals surface area contributed by atoms with Crippen molar-refractivity contribution in [3.05, 3.63) is 35.9 Å². The Hall–Kier alpha value is -2.48. The molecule has 30 heavy (non-hydrogen) atoms. The Morgan fingerprint density at radius 2 is 1.53 bits per heavy atom. The van der Waals surface area contributed by atoms with Gasteiger partial charge in [-0.3, -0.25) is 0 Å². The molecule has 0 spiro atoms. The number of amides is 1. The molecule has 1 aromatic rings. The number of rotatable bonds is 16.